The van der Waals surface area contributed by atoms with E-state index in [1.165, 1.54) is 0 Å². The predicted octanol–water partition coefficient (Wildman–Crippen LogP) is 5.96. The van der Waals surface area contributed by atoms with Crippen molar-refractivity contribution in [1.82, 2.24) is 30.4 Å². The van der Waals surface area contributed by atoms with E-state index in [-0.39, 0.29) is 5.97 Å². The van der Waals surface area contributed by atoms with Crippen molar-refractivity contribution in [2.24, 2.45) is 0 Å². The second-order valence-electron chi connectivity index (χ2n) is 8.99. The number of nitrogens with one attached hydrogen (secondary N) is 1. The maximum Gasteiger partial charge on any atom is 0.342 e. The van der Waals surface area contributed by atoms with Gasteiger partial charge >= 0.3 is 5.97 Å². The summed E-state index contributed by atoms with van der Waals surface area (Å²) in [6, 6.07) is 26.2. The molecule has 0 fully saturated rings. The summed E-state index contributed by atoms with van der Waals surface area (Å²) in [5.74, 6) is 0.215. The molecule has 5 rings (SSSR count). The molecular weight excluding hydrogens is 476 g/mol. The Kier molecular flexibility index (Phi) is 7.68. The molecule has 0 atom stereocenters. The first-order valence-electron chi connectivity index (χ1n) is 12.9. The lowest BCUT2D eigenvalue weighted by Gasteiger charge is -2.11. The van der Waals surface area contributed by atoms with E-state index < -0.39 is 0 Å². The molecule has 2 heterocycles. The van der Waals surface area contributed by atoms with Crippen LogP contribution >= 0.6 is 0 Å². The van der Waals surface area contributed by atoms with E-state index >= 15 is 0 Å². The van der Waals surface area contributed by atoms with E-state index in [1.807, 2.05) is 66.2 Å². The number of benzene rings is 3. The van der Waals surface area contributed by atoms with Crippen molar-refractivity contribution < 1.29 is 9.53 Å². The third-order valence-electron chi connectivity index (χ3n) is 6.46. The molecule has 0 saturated heterocycles. The summed E-state index contributed by atoms with van der Waals surface area (Å²) in [5, 5.41) is 19.4. The van der Waals surface area contributed by atoms with Gasteiger partial charge in [-0.25, -0.2) is 4.79 Å². The van der Waals surface area contributed by atoms with Crippen molar-refractivity contribution in [3.05, 3.63) is 95.7 Å². The van der Waals surface area contributed by atoms with Crippen LogP contribution in [0.3, 0.4) is 0 Å². The molecule has 0 aliphatic carbocycles. The highest BCUT2D eigenvalue weighted by molar-refractivity contribution is 5.97. The highest BCUT2D eigenvalue weighted by Crippen LogP contribution is 2.32. The quantitative estimate of drug-likeness (QED) is 0.235. The van der Waals surface area contributed by atoms with Crippen molar-refractivity contribution in [3.8, 4) is 33.8 Å². The molecule has 0 radical (unpaired) electrons. The highest BCUT2D eigenvalue weighted by atomic mass is 16.5. The Balaban J connectivity index is 1.53. The zero-order valence-corrected chi connectivity index (χ0v) is 21.6. The second-order valence-corrected chi connectivity index (χ2v) is 8.99. The molecule has 0 unspecified atom stereocenters. The maximum absolute atomic E-state index is 13.2. The first kappa shape index (κ1) is 25.1. The molecule has 5 aromatic rings. The molecule has 0 amide bonds. The summed E-state index contributed by atoms with van der Waals surface area (Å²) in [6.45, 7) is 5.02. The van der Waals surface area contributed by atoms with Gasteiger partial charge in [0.1, 0.15) is 11.3 Å². The molecule has 0 saturated carbocycles. The van der Waals surface area contributed by atoms with Crippen LogP contribution in [0.4, 0.5) is 0 Å². The Labute approximate surface area is 221 Å². The highest BCUT2D eigenvalue weighted by Gasteiger charge is 2.26. The number of carbonyl (C=O) groups excluding carboxylic acids is 1. The third-order valence-corrected chi connectivity index (χ3v) is 6.46. The van der Waals surface area contributed by atoms with Crippen LogP contribution in [0.1, 0.15) is 48.3 Å². The Morgan fingerprint density at radius 3 is 2.32 bits per heavy atom. The standard InChI is InChI=1S/C30H30N6O2/c1-3-5-19-36-26(27(30(37)38-4-2)28(33-36)23-11-7-6-8-12-23)20-21-15-17-22(18-16-21)24-13-9-10-14-25(24)29-31-34-35-32-29/h6-18H,3-5,19-20H2,1-2H3,(H,31,32,34,35). The number of tetrazole rings is 1. The van der Waals surface area contributed by atoms with Gasteiger partial charge in [0.05, 0.1) is 12.3 Å². The fourth-order valence-electron chi connectivity index (χ4n) is 4.59. The number of aromatic amines is 1. The molecule has 0 bridgehead atoms. The molecule has 8 nitrogen and oxygen atoms in total. The number of carbonyl (C=O) groups is 1. The fourth-order valence-corrected chi connectivity index (χ4v) is 4.59. The predicted molar refractivity (Wildman–Crippen MR) is 146 cm³/mol. The van der Waals surface area contributed by atoms with Crippen molar-refractivity contribution in [2.45, 2.75) is 39.7 Å². The summed E-state index contributed by atoms with van der Waals surface area (Å²) in [6.07, 6.45) is 2.56. The van der Waals surface area contributed by atoms with Gasteiger partial charge in [0.25, 0.3) is 0 Å². The van der Waals surface area contributed by atoms with Crippen LogP contribution in [0.25, 0.3) is 33.8 Å². The van der Waals surface area contributed by atoms with Crippen LogP contribution < -0.4 is 0 Å². The SMILES string of the molecule is CCCCn1nc(-c2ccccc2)c(C(=O)OCC)c1Cc1ccc(-c2ccccc2-c2nn[nH]n2)cc1. The smallest absolute Gasteiger partial charge is 0.342 e. The Morgan fingerprint density at radius 1 is 0.895 bits per heavy atom. The largest absolute Gasteiger partial charge is 0.462 e. The van der Waals surface area contributed by atoms with Gasteiger partial charge in [-0.05, 0) is 35.2 Å². The van der Waals surface area contributed by atoms with Crippen LogP contribution in [0, 0.1) is 0 Å². The van der Waals surface area contributed by atoms with E-state index in [9.17, 15) is 4.79 Å². The lowest BCUT2D eigenvalue weighted by molar-refractivity contribution is 0.0526. The molecule has 0 aliphatic heterocycles. The molecule has 0 aliphatic rings. The summed E-state index contributed by atoms with van der Waals surface area (Å²) >= 11 is 0. The van der Waals surface area contributed by atoms with Gasteiger partial charge in [-0.2, -0.15) is 10.3 Å². The molecule has 192 valence electrons. The van der Waals surface area contributed by atoms with Gasteiger partial charge in [0.2, 0.25) is 5.82 Å². The van der Waals surface area contributed by atoms with Gasteiger partial charge in [-0.15, -0.1) is 10.2 Å². The van der Waals surface area contributed by atoms with Crippen LogP contribution in [0.15, 0.2) is 78.9 Å². The molecular formula is C30H30N6O2. The van der Waals surface area contributed by atoms with Crippen LogP contribution in [-0.4, -0.2) is 43.0 Å². The van der Waals surface area contributed by atoms with E-state index in [4.69, 9.17) is 9.84 Å². The van der Waals surface area contributed by atoms with Gasteiger partial charge in [-0.1, -0.05) is 92.2 Å². The minimum absolute atomic E-state index is 0.307. The number of hydrogen-bond acceptors (Lipinski definition) is 6. The van der Waals surface area contributed by atoms with Crippen LogP contribution in [0.5, 0.6) is 0 Å². The molecule has 38 heavy (non-hydrogen) atoms. The Bertz CT molecular complexity index is 1490. The maximum atomic E-state index is 13.2. The van der Waals surface area contributed by atoms with Crippen molar-refractivity contribution in [3.63, 3.8) is 0 Å². The minimum Gasteiger partial charge on any atom is -0.462 e. The average molecular weight is 507 g/mol. The summed E-state index contributed by atoms with van der Waals surface area (Å²) in [5.41, 5.74) is 7.03. The monoisotopic (exact) mass is 506 g/mol. The summed E-state index contributed by atoms with van der Waals surface area (Å²) in [7, 11) is 0. The molecule has 3 aromatic carbocycles. The third kappa shape index (κ3) is 5.25. The lowest BCUT2D eigenvalue weighted by Crippen LogP contribution is -2.12. The fraction of sp³-hybridized carbons (Fsp3) is 0.233. The first-order valence-corrected chi connectivity index (χ1v) is 12.9. The second kappa shape index (κ2) is 11.6. The number of ether oxygens (including phenoxy) is 1. The van der Waals surface area contributed by atoms with E-state index in [2.05, 4.69) is 51.8 Å². The van der Waals surface area contributed by atoms with Gasteiger partial charge in [0, 0.05) is 24.1 Å². The molecule has 2 aromatic heterocycles. The van der Waals surface area contributed by atoms with Gasteiger partial charge in [-0.3, -0.25) is 4.68 Å². The van der Waals surface area contributed by atoms with Gasteiger partial charge in [0.15, 0.2) is 0 Å². The number of hydrogen-bond donors (Lipinski definition) is 1. The molecule has 0 spiro atoms. The number of aryl methyl sites for hydroxylation is 1. The number of aromatic nitrogens is 6. The minimum atomic E-state index is -0.338. The van der Waals surface area contributed by atoms with Crippen molar-refractivity contribution in [2.75, 3.05) is 6.61 Å². The number of unbranched alkanes of at least 4 members (excludes halogenated alkanes) is 1. The zero-order chi connectivity index (χ0) is 26.3. The number of nitrogens with zero attached hydrogens (tertiary/aromatic N) is 5. The number of H-pyrrole nitrogens is 1. The van der Waals surface area contributed by atoms with E-state index in [1.54, 1.807) is 0 Å². The Hall–Kier alpha value is -4.59. The summed E-state index contributed by atoms with van der Waals surface area (Å²) in [4.78, 5) is 13.2. The normalized spacial score (nSPS) is 11.0. The van der Waals surface area contributed by atoms with Crippen LogP contribution in [-0.2, 0) is 17.7 Å². The number of esters is 1. The van der Waals surface area contributed by atoms with Crippen LogP contribution in [0.2, 0.25) is 0 Å². The summed E-state index contributed by atoms with van der Waals surface area (Å²) < 4.78 is 7.48. The topological polar surface area (TPSA) is 98.6 Å². The van der Waals surface area contributed by atoms with E-state index in [0.717, 1.165) is 52.9 Å². The zero-order valence-electron chi connectivity index (χ0n) is 21.6. The molecule has 8 heteroatoms. The van der Waals surface area contributed by atoms with Crippen molar-refractivity contribution in [1.29, 1.82) is 0 Å². The average Bonchev–Trinajstić information content (AvgIpc) is 3.62. The van der Waals surface area contributed by atoms with E-state index in [0.29, 0.717) is 30.1 Å². The number of rotatable bonds is 10. The Morgan fingerprint density at radius 2 is 1.63 bits per heavy atom. The first-order chi connectivity index (χ1) is 18.7. The lowest BCUT2D eigenvalue weighted by atomic mass is 9.96. The van der Waals surface area contributed by atoms with Crippen molar-refractivity contribution >= 4 is 5.97 Å². The molecule has 1 N–H and O–H groups in total. The van der Waals surface area contributed by atoms with Gasteiger partial charge < -0.3 is 4.74 Å².